The highest BCUT2D eigenvalue weighted by molar-refractivity contribution is 8.01. The molecular formula is C15H24N4O3S. The Morgan fingerprint density at radius 3 is 3.04 bits per heavy atom. The van der Waals surface area contributed by atoms with Gasteiger partial charge in [0.1, 0.15) is 5.76 Å². The Bertz CT molecular complexity index is 529. The highest BCUT2D eigenvalue weighted by Crippen LogP contribution is 2.14. The Kier molecular flexibility index (Phi) is 6.91. The van der Waals surface area contributed by atoms with Gasteiger partial charge in [0.15, 0.2) is 5.82 Å². The van der Waals surface area contributed by atoms with E-state index in [0.717, 1.165) is 19.5 Å². The predicted octanol–water partition coefficient (Wildman–Crippen LogP) is 1.16. The molecule has 3 N–H and O–H groups in total. The second kappa shape index (κ2) is 8.93. The number of aromatic nitrogens is 1. The molecule has 1 aliphatic heterocycles. The molecule has 2 atom stereocenters. The molecule has 0 aromatic carbocycles. The predicted molar refractivity (Wildman–Crippen MR) is 90.4 cm³/mol. The van der Waals surface area contributed by atoms with E-state index in [4.69, 9.17) is 4.52 Å². The van der Waals surface area contributed by atoms with E-state index in [1.807, 2.05) is 0 Å². The summed E-state index contributed by atoms with van der Waals surface area (Å²) in [4.78, 5) is 23.8. The molecule has 0 spiro atoms. The standard InChI is InChI=1S/C15H24N4O3S/c1-10-7-13(19-22-10)18-15(21)11(2)23-9-14(20)17-6-4-12-3-5-16-8-12/h7,11-12,16H,3-6,8-9H2,1-2H3,(H,17,20)(H,18,19,21). The van der Waals surface area contributed by atoms with Gasteiger partial charge in [0.05, 0.1) is 11.0 Å². The van der Waals surface area contributed by atoms with Crippen LogP contribution in [0, 0.1) is 12.8 Å². The molecular weight excluding hydrogens is 316 g/mol. The summed E-state index contributed by atoms with van der Waals surface area (Å²) in [7, 11) is 0. The molecule has 1 aromatic rings. The van der Waals surface area contributed by atoms with Crippen molar-refractivity contribution >= 4 is 29.4 Å². The number of hydrogen-bond donors (Lipinski definition) is 3. The van der Waals surface area contributed by atoms with E-state index in [9.17, 15) is 9.59 Å². The number of rotatable bonds is 8. The maximum atomic E-state index is 12.0. The Hall–Kier alpha value is -1.54. The zero-order chi connectivity index (χ0) is 16.7. The van der Waals surface area contributed by atoms with Gasteiger partial charge in [0.25, 0.3) is 0 Å². The van der Waals surface area contributed by atoms with Gasteiger partial charge in [-0.1, -0.05) is 5.16 Å². The lowest BCUT2D eigenvalue weighted by Gasteiger charge is -2.11. The summed E-state index contributed by atoms with van der Waals surface area (Å²) < 4.78 is 4.89. The molecule has 2 amide bonds. The van der Waals surface area contributed by atoms with E-state index in [1.165, 1.54) is 18.2 Å². The number of aryl methyl sites for hydroxylation is 1. The molecule has 2 rings (SSSR count). The monoisotopic (exact) mass is 340 g/mol. The second-order valence-corrected chi connectivity index (χ2v) is 7.09. The lowest BCUT2D eigenvalue weighted by molar-refractivity contribution is -0.118. The van der Waals surface area contributed by atoms with Gasteiger partial charge in [-0.2, -0.15) is 0 Å². The van der Waals surface area contributed by atoms with Crippen LogP contribution in [0.4, 0.5) is 5.82 Å². The summed E-state index contributed by atoms with van der Waals surface area (Å²) in [6.07, 6.45) is 2.19. The molecule has 1 aromatic heterocycles. The highest BCUT2D eigenvalue weighted by atomic mass is 32.2. The second-order valence-electron chi connectivity index (χ2n) is 5.76. The SMILES string of the molecule is Cc1cc(NC(=O)C(C)SCC(=O)NCCC2CCNC2)no1. The van der Waals surface area contributed by atoms with Gasteiger partial charge in [-0.05, 0) is 45.7 Å². The molecule has 0 aliphatic carbocycles. The van der Waals surface area contributed by atoms with Gasteiger partial charge >= 0.3 is 0 Å². The largest absolute Gasteiger partial charge is 0.360 e. The smallest absolute Gasteiger partial charge is 0.238 e. The Morgan fingerprint density at radius 2 is 2.39 bits per heavy atom. The fourth-order valence-electron chi connectivity index (χ4n) is 2.36. The summed E-state index contributed by atoms with van der Waals surface area (Å²) >= 11 is 1.31. The van der Waals surface area contributed by atoms with Crippen LogP contribution in [0.15, 0.2) is 10.6 Å². The molecule has 0 saturated carbocycles. The number of thioether (sulfide) groups is 1. The van der Waals surface area contributed by atoms with E-state index < -0.39 is 0 Å². The molecule has 1 aliphatic rings. The van der Waals surface area contributed by atoms with E-state index in [-0.39, 0.29) is 22.8 Å². The van der Waals surface area contributed by atoms with Gasteiger partial charge < -0.3 is 20.5 Å². The number of hydrogen-bond acceptors (Lipinski definition) is 6. The van der Waals surface area contributed by atoms with Crippen LogP contribution in [0.2, 0.25) is 0 Å². The zero-order valence-corrected chi connectivity index (χ0v) is 14.4. The molecule has 7 nitrogen and oxygen atoms in total. The average Bonchev–Trinajstić information content (AvgIpc) is 3.16. The third-order valence-electron chi connectivity index (χ3n) is 3.75. The third-order valence-corrected chi connectivity index (χ3v) is 4.89. The lowest BCUT2D eigenvalue weighted by atomic mass is 10.1. The van der Waals surface area contributed by atoms with Crippen molar-refractivity contribution in [2.75, 3.05) is 30.7 Å². The van der Waals surface area contributed by atoms with Crippen molar-refractivity contribution in [2.24, 2.45) is 5.92 Å². The Morgan fingerprint density at radius 1 is 1.57 bits per heavy atom. The summed E-state index contributed by atoms with van der Waals surface area (Å²) in [6, 6.07) is 1.65. The molecule has 2 heterocycles. The number of anilines is 1. The molecule has 1 saturated heterocycles. The van der Waals surface area contributed by atoms with Crippen molar-refractivity contribution in [3.63, 3.8) is 0 Å². The van der Waals surface area contributed by atoms with Crippen molar-refractivity contribution in [1.29, 1.82) is 0 Å². The first-order chi connectivity index (χ1) is 11.0. The summed E-state index contributed by atoms with van der Waals surface area (Å²) in [5.41, 5.74) is 0. The maximum absolute atomic E-state index is 12.0. The van der Waals surface area contributed by atoms with Crippen molar-refractivity contribution in [2.45, 2.75) is 31.9 Å². The van der Waals surface area contributed by atoms with Crippen LogP contribution in [0.1, 0.15) is 25.5 Å². The van der Waals surface area contributed by atoms with Crippen LogP contribution in [0.25, 0.3) is 0 Å². The number of nitrogens with zero attached hydrogens (tertiary/aromatic N) is 1. The third kappa shape index (κ3) is 6.23. The molecule has 1 fully saturated rings. The van der Waals surface area contributed by atoms with Crippen molar-refractivity contribution in [3.8, 4) is 0 Å². The zero-order valence-electron chi connectivity index (χ0n) is 13.6. The summed E-state index contributed by atoms with van der Waals surface area (Å²) in [5, 5.41) is 12.3. The molecule has 0 bridgehead atoms. The van der Waals surface area contributed by atoms with E-state index in [1.54, 1.807) is 19.9 Å². The van der Waals surface area contributed by atoms with Gasteiger partial charge in [0, 0.05) is 12.6 Å². The van der Waals surface area contributed by atoms with Crippen LogP contribution in [-0.4, -0.2) is 47.6 Å². The van der Waals surface area contributed by atoms with Gasteiger partial charge in [-0.25, -0.2) is 0 Å². The molecule has 128 valence electrons. The van der Waals surface area contributed by atoms with E-state index in [2.05, 4.69) is 21.1 Å². The number of carbonyl (C=O) groups excluding carboxylic acids is 2. The summed E-state index contributed by atoms with van der Waals surface area (Å²) in [5.74, 6) is 1.76. The first-order valence-electron chi connectivity index (χ1n) is 7.88. The Labute approximate surface area is 140 Å². The van der Waals surface area contributed by atoms with Crippen LogP contribution in [-0.2, 0) is 9.59 Å². The minimum absolute atomic E-state index is 0.0297. The summed E-state index contributed by atoms with van der Waals surface area (Å²) in [6.45, 7) is 6.34. The van der Waals surface area contributed by atoms with Crippen LogP contribution >= 0.6 is 11.8 Å². The molecule has 23 heavy (non-hydrogen) atoms. The van der Waals surface area contributed by atoms with Crippen LogP contribution in [0.3, 0.4) is 0 Å². The number of amides is 2. The Balaban J connectivity index is 1.59. The van der Waals surface area contributed by atoms with Crippen molar-refractivity contribution in [1.82, 2.24) is 15.8 Å². The van der Waals surface area contributed by atoms with Crippen LogP contribution in [0.5, 0.6) is 0 Å². The van der Waals surface area contributed by atoms with E-state index in [0.29, 0.717) is 24.0 Å². The molecule has 0 radical (unpaired) electrons. The van der Waals surface area contributed by atoms with Gasteiger partial charge in [-0.15, -0.1) is 11.8 Å². The average molecular weight is 340 g/mol. The fraction of sp³-hybridized carbons (Fsp3) is 0.667. The fourth-order valence-corrected chi connectivity index (χ4v) is 3.07. The topological polar surface area (TPSA) is 96.3 Å². The van der Waals surface area contributed by atoms with Gasteiger partial charge in [0.2, 0.25) is 11.8 Å². The minimum Gasteiger partial charge on any atom is -0.360 e. The van der Waals surface area contributed by atoms with Crippen molar-refractivity contribution in [3.05, 3.63) is 11.8 Å². The number of carbonyl (C=O) groups is 2. The van der Waals surface area contributed by atoms with E-state index >= 15 is 0 Å². The first kappa shape index (κ1) is 17.8. The van der Waals surface area contributed by atoms with Gasteiger partial charge in [-0.3, -0.25) is 9.59 Å². The lowest BCUT2D eigenvalue weighted by Crippen LogP contribution is -2.30. The first-order valence-corrected chi connectivity index (χ1v) is 8.92. The van der Waals surface area contributed by atoms with Crippen molar-refractivity contribution < 1.29 is 14.1 Å². The maximum Gasteiger partial charge on any atom is 0.238 e. The normalized spacial score (nSPS) is 18.6. The highest BCUT2D eigenvalue weighted by Gasteiger charge is 2.17. The van der Waals surface area contributed by atoms with Crippen LogP contribution < -0.4 is 16.0 Å². The minimum atomic E-state index is -0.336. The quantitative estimate of drug-likeness (QED) is 0.657. The number of nitrogens with one attached hydrogen (secondary N) is 3. The molecule has 2 unspecified atom stereocenters. The molecule has 8 heteroatoms.